The van der Waals surface area contributed by atoms with Gasteiger partial charge in [0.2, 0.25) is 5.91 Å². The maximum atomic E-state index is 12.2. The molecule has 0 unspecified atom stereocenters. The van der Waals surface area contributed by atoms with Crippen molar-refractivity contribution < 1.29 is 14.3 Å². The fraction of sp³-hybridized carbons (Fsp3) is 0.905. The van der Waals surface area contributed by atoms with Crippen LogP contribution in [0.25, 0.3) is 0 Å². The Morgan fingerprint density at radius 2 is 1.50 bits per heavy atom. The number of ether oxygens (including phenoxy) is 1. The smallest absolute Gasteiger partial charge is 0.410 e. The molecule has 5 heteroatoms. The summed E-state index contributed by atoms with van der Waals surface area (Å²) in [5.74, 6) is -0.0435. The van der Waals surface area contributed by atoms with E-state index in [1.807, 2.05) is 20.8 Å². The van der Waals surface area contributed by atoms with E-state index in [4.69, 9.17) is 4.74 Å². The fourth-order valence-corrected chi connectivity index (χ4v) is 3.14. The third kappa shape index (κ3) is 9.44. The first-order valence-corrected chi connectivity index (χ1v) is 10.6. The van der Waals surface area contributed by atoms with E-state index in [2.05, 4.69) is 12.2 Å². The van der Waals surface area contributed by atoms with Crippen LogP contribution in [-0.4, -0.2) is 41.6 Å². The molecule has 0 aromatic rings. The molecule has 26 heavy (non-hydrogen) atoms. The molecule has 1 rings (SSSR count). The lowest BCUT2D eigenvalue weighted by Gasteiger charge is -2.40. The molecule has 0 spiro atoms. The maximum absolute atomic E-state index is 12.2. The number of hydrogen-bond acceptors (Lipinski definition) is 3. The lowest BCUT2D eigenvalue weighted by Crippen LogP contribution is -2.59. The zero-order chi connectivity index (χ0) is 19.4. The van der Waals surface area contributed by atoms with Gasteiger partial charge in [0, 0.05) is 13.1 Å². The molecular formula is C21H40N2O3. The van der Waals surface area contributed by atoms with Gasteiger partial charge in [0.15, 0.2) is 0 Å². The summed E-state index contributed by atoms with van der Waals surface area (Å²) in [4.78, 5) is 25.8. The normalized spacial score (nSPS) is 16.9. The molecule has 1 N–H and O–H groups in total. The van der Waals surface area contributed by atoms with Crippen LogP contribution in [0.5, 0.6) is 0 Å². The third-order valence-electron chi connectivity index (χ3n) is 4.78. The summed E-state index contributed by atoms with van der Waals surface area (Å²) in [7, 11) is 0. The monoisotopic (exact) mass is 368 g/mol. The molecule has 0 aromatic carbocycles. The van der Waals surface area contributed by atoms with Gasteiger partial charge in [0.1, 0.15) is 11.6 Å². The number of hydrogen-bond donors (Lipinski definition) is 1. The molecule has 5 nitrogen and oxygen atoms in total. The van der Waals surface area contributed by atoms with Gasteiger partial charge in [0.25, 0.3) is 0 Å². The van der Waals surface area contributed by atoms with Crippen molar-refractivity contribution >= 4 is 12.0 Å². The molecule has 0 aliphatic carbocycles. The Hall–Kier alpha value is -1.26. The van der Waals surface area contributed by atoms with Gasteiger partial charge >= 0.3 is 6.09 Å². The lowest BCUT2D eigenvalue weighted by molar-refractivity contribution is -0.130. The van der Waals surface area contributed by atoms with E-state index in [1.165, 1.54) is 56.3 Å². The molecule has 1 aliphatic rings. The number of carbonyl (C=O) groups is 2. The molecule has 1 aliphatic heterocycles. The Labute approximate surface area is 160 Å². The van der Waals surface area contributed by atoms with E-state index in [9.17, 15) is 9.59 Å². The Bertz CT molecular complexity index is 418. The van der Waals surface area contributed by atoms with Gasteiger partial charge in [-0.3, -0.25) is 9.69 Å². The number of carbonyl (C=O) groups excluding carboxylic acids is 2. The molecular weight excluding hydrogens is 328 g/mol. The first kappa shape index (κ1) is 22.8. The average molecular weight is 369 g/mol. The number of nitrogens with zero attached hydrogens (tertiary/aromatic N) is 1. The highest BCUT2D eigenvalue weighted by Crippen LogP contribution is 2.21. The number of unbranched alkanes of at least 4 members (excludes halogenated alkanes) is 9. The molecule has 0 aromatic heterocycles. The fourth-order valence-electron chi connectivity index (χ4n) is 3.14. The Morgan fingerprint density at radius 1 is 0.962 bits per heavy atom. The predicted molar refractivity (Wildman–Crippen MR) is 106 cm³/mol. The maximum Gasteiger partial charge on any atom is 0.410 e. The van der Waals surface area contributed by atoms with Crippen molar-refractivity contribution in [2.24, 2.45) is 0 Å². The zero-order valence-corrected chi connectivity index (χ0v) is 17.4. The molecule has 152 valence electrons. The van der Waals surface area contributed by atoms with Gasteiger partial charge in [-0.15, -0.1) is 0 Å². The van der Waals surface area contributed by atoms with Gasteiger partial charge in [-0.05, 0) is 33.6 Å². The molecule has 2 amide bonds. The van der Waals surface area contributed by atoms with Crippen LogP contribution in [0.15, 0.2) is 0 Å². The van der Waals surface area contributed by atoms with Gasteiger partial charge in [-0.25, -0.2) is 4.79 Å². The highest BCUT2D eigenvalue weighted by atomic mass is 16.6. The Morgan fingerprint density at radius 3 is 1.96 bits per heavy atom. The topological polar surface area (TPSA) is 58.6 Å². The second-order valence-corrected chi connectivity index (χ2v) is 8.45. The predicted octanol–water partition coefficient (Wildman–Crippen LogP) is 5.03. The molecule has 1 atom stereocenters. The van der Waals surface area contributed by atoms with Crippen LogP contribution in [0.1, 0.15) is 98.3 Å². The second kappa shape index (κ2) is 12.2. The second-order valence-electron chi connectivity index (χ2n) is 8.45. The standard InChI is InChI=1S/C21H40N2O3/c1-5-6-7-8-9-10-11-12-13-14-16-22-19(24)18-15-17-23(18)20(25)26-21(2,3)4/h18H,5-17H2,1-4H3,(H,22,24)/t18-/m0/s1. The van der Waals surface area contributed by atoms with Crippen LogP contribution in [-0.2, 0) is 9.53 Å². The molecule has 0 saturated carbocycles. The minimum Gasteiger partial charge on any atom is -0.444 e. The zero-order valence-electron chi connectivity index (χ0n) is 17.4. The molecule has 1 saturated heterocycles. The van der Waals surface area contributed by atoms with E-state index < -0.39 is 5.60 Å². The van der Waals surface area contributed by atoms with Gasteiger partial charge < -0.3 is 10.1 Å². The summed E-state index contributed by atoms with van der Waals surface area (Å²) in [5.41, 5.74) is -0.524. The highest BCUT2D eigenvalue weighted by Gasteiger charge is 2.39. The van der Waals surface area contributed by atoms with E-state index in [1.54, 1.807) is 0 Å². The number of amides is 2. The third-order valence-corrected chi connectivity index (χ3v) is 4.78. The van der Waals surface area contributed by atoms with Crippen LogP contribution in [0.2, 0.25) is 0 Å². The number of nitrogens with one attached hydrogen (secondary N) is 1. The molecule has 0 radical (unpaired) electrons. The van der Waals surface area contributed by atoms with E-state index in [-0.39, 0.29) is 18.0 Å². The van der Waals surface area contributed by atoms with Crippen molar-refractivity contribution in [1.29, 1.82) is 0 Å². The average Bonchev–Trinajstić information content (AvgIpc) is 2.49. The van der Waals surface area contributed by atoms with Crippen LogP contribution < -0.4 is 5.32 Å². The minimum atomic E-state index is -0.524. The van der Waals surface area contributed by atoms with Crippen molar-refractivity contribution in [1.82, 2.24) is 10.2 Å². The first-order chi connectivity index (χ1) is 12.3. The van der Waals surface area contributed by atoms with E-state index in [0.717, 1.165) is 19.3 Å². The summed E-state index contributed by atoms with van der Waals surface area (Å²) < 4.78 is 5.34. The Kier molecular flexibility index (Phi) is 10.7. The van der Waals surface area contributed by atoms with Gasteiger partial charge in [-0.2, -0.15) is 0 Å². The van der Waals surface area contributed by atoms with Crippen LogP contribution in [0.3, 0.4) is 0 Å². The van der Waals surface area contributed by atoms with Crippen LogP contribution in [0.4, 0.5) is 4.79 Å². The molecule has 0 bridgehead atoms. The summed E-state index contributed by atoms with van der Waals surface area (Å²) in [5, 5.41) is 2.97. The van der Waals surface area contributed by atoms with Crippen LogP contribution in [0, 0.1) is 0 Å². The number of rotatable bonds is 12. The lowest BCUT2D eigenvalue weighted by atomic mass is 10.0. The summed E-state index contributed by atoms with van der Waals surface area (Å²) in [6, 6.07) is -0.354. The Balaban J connectivity index is 2.02. The molecule has 1 fully saturated rings. The van der Waals surface area contributed by atoms with Crippen molar-refractivity contribution in [2.45, 2.75) is 110 Å². The summed E-state index contributed by atoms with van der Waals surface area (Å²) in [6.07, 6.45) is 13.2. The first-order valence-electron chi connectivity index (χ1n) is 10.6. The quantitative estimate of drug-likeness (QED) is 0.491. The van der Waals surface area contributed by atoms with Crippen molar-refractivity contribution in [3.63, 3.8) is 0 Å². The van der Waals surface area contributed by atoms with Gasteiger partial charge in [0.05, 0.1) is 0 Å². The van der Waals surface area contributed by atoms with Crippen molar-refractivity contribution in [2.75, 3.05) is 13.1 Å². The number of likely N-dealkylation sites (tertiary alicyclic amines) is 1. The minimum absolute atomic E-state index is 0.0435. The SMILES string of the molecule is CCCCCCCCCCCCNC(=O)[C@@H]1CCN1C(=O)OC(C)(C)C. The van der Waals surface area contributed by atoms with Crippen molar-refractivity contribution in [3.8, 4) is 0 Å². The highest BCUT2D eigenvalue weighted by molar-refractivity contribution is 5.87. The summed E-state index contributed by atoms with van der Waals surface area (Å²) in [6.45, 7) is 9.07. The van der Waals surface area contributed by atoms with E-state index >= 15 is 0 Å². The van der Waals surface area contributed by atoms with Crippen LogP contribution >= 0.6 is 0 Å². The molecule has 1 heterocycles. The summed E-state index contributed by atoms with van der Waals surface area (Å²) >= 11 is 0. The van der Waals surface area contributed by atoms with Gasteiger partial charge in [-0.1, -0.05) is 64.7 Å². The largest absolute Gasteiger partial charge is 0.444 e. The van der Waals surface area contributed by atoms with Crippen molar-refractivity contribution in [3.05, 3.63) is 0 Å². The van der Waals surface area contributed by atoms with E-state index in [0.29, 0.717) is 13.1 Å².